The Kier molecular flexibility index (Phi) is 6.32. The lowest BCUT2D eigenvalue weighted by molar-refractivity contribution is -0.126. The maximum atomic E-state index is 14.5. The Morgan fingerprint density at radius 3 is 2.80 bits per heavy atom. The molecule has 0 fully saturated rings. The molecule has 3 rings (SSSR count). The minimum absolute atomic E-state index is 0.0551. The number of benzene rings is 1. The van der Waals surface area contributed by atoms with Gasteiger partial charge in [0.2, 0.25) is 5.44 Å². The number of aryl methyl sites for hydroxylation is 1. The molecule has 1 atom stereocenters. The Bertz CT molecular complexity index is 1120. The fourth-order valence-corrected chi connectivity index (χ4v) is 3.30. The summed E-state index contributed by atoms with van der Waals surface area (Å²) in [5.41, 5.74) is -0.156. The van der Waals surface area contributed by atoms with Gasteiger partial charge in [0.15, 0.2) is 11.6 Å². The largest absolute Gasteiger partial charge is 0.467 e. The maximum absolute atomic E-state index is 14.5. The van der Waals surface area contributed by atoms with E-state index in [0.717, 1.165) is 17.5 Å². The molecule has 1 aromatic carbocycles. The number of nitrogens with one attached hydrogen (secondary N) is 1. The van der Waals surface area contributed by atoms with Crippen LogP contribution in [0.25, 0.3) is 10.9 Å². The van der Waals surface area contributed by atoms with Crippen molar-refractivity contribution < 1.29 is 18.4 Å². The molecule has 8 heteroatoms. The first-order chi connectivity index (χ1) is 14.3. The number of amides is 1. The second-order valence-corrected chi connectivity index (χ2v) is 8.07. The van der Waals surface area contributed by atoms with Crippen LogP contribution in [0.5, 0.6) is 5.75 Å². The Labute approximate surface area is 178 Å². The van der Waals surface area contributed by atoms with Crippen molar-refractivity contribution in [3.8, 4) is 18.1 Å². The number of nitrogens with zero attached hydrogens (tertiary/aromatic N) is 2. The number of carbonyl (C=O) groups is 1. The molecular formula is C22H22FN3O3S. The summed E-state index contributed by atoms with van der Waals surface area (Å²) in [5.74, 6) is 2.14. The van der Waals surface area contributed by atoms with Crippen LogP contribution in [0.1, 0.15) is 37.8 Å². The zero-order valence-electron chi connectivity index (χ0n) is 17.2. The fourth-order valence-electron chi connectivity index (χ4n) is 2.83. The minimum atomic E-state index is -0.974. The Hall–Kier alpha value is -3.05. The first-order valence-corrected chi connectivity index (χ1v) is 10.6. The van der Waals surface area contributed by atoms with Crippen molar-refractivity contribution in [1.82, 2.24) is 15.5 Å². The lowest BCUT2D eigenvalue weighted by Crippen LogP contribution is -2.46. The van der Waals surface area contributed by atoms with Gasteiger partial charge >= 0.3 is 0 Å². The van der Waals surface area contributed by atoms with Gasteiger partial charge in [0.05, 0.1) is 11.1 Å². The standard InChI is InChI=1S/C22H22FN3O3S/c1-6-13-8-14-9-18(16(23)11-17(14)24-12-13)28-21(30-5)20(27)25-22(3,4)19-10-15(7-2)29-26-19/h1,8-12,21H,7H2,2-5H3,(H,25,27). The third-order valence-corrected chi connectivity index (χ3v) is 5.29. The molecule has 0 aliphatic carbocycles. The highest BCUT2D eigenvalue weighted by Gasteiger charge is 2.31. The number of ether oxygens (including phenoxy) is 1. The van der Waals surface area contributed by atoms with Gasteiger partial charge in [-0.05, 0) is 32.2 Å². The first kappa shape index (κ1) is 21.7. The van der Waals surface area contributed by atoms with Crippen molar-refractivity contribution in [3.63, 3.8) is 0 Å². The molecule has 1 amide bonds. The second kappa shape index (κ2) is 8.76. The zero-order chi connectivity index (χ0) is 21.9. The van der Waals surface area contributed by atoms with E-state index < -0.39 is 22.7 Å². The number of pyridine rings is 1. The van der Waals surface area contributed by atoms with Crippen LogP contribution in [0.4, 0.5) is 4.39 Å². The molecule has 0 aliphatic rings. The monoisotopic (exact) mass is 427 g/mol. The van der Waals surface area contributed by atoms with E-state index in [1.165, 1.54) is 18.3 Å². The number of hydrogen-bond acceptors (Lipinski definition) is 6. The van der Waals surface area contributed by atoms with Crippen molar-refractivity contribution in [1.29, 1.82) is 0 Å². The van der Waals surface area contributed by atoms with Gasteiger partial charge in [-0.15, -0.1) is 18.2 Å². The van der Waals surface area contributed by atoms with Crippen LogP contribution >= 0.6 is 11.8 Å². The van der Waals surface area contributed by atoms with Crippen LogP contribution < -0.4 is 10.1 Å². The Balaban J connectivity index is 1.81. The van der Waals surface area contributed by atoms with E-state index in [9.17, 15) is 9.18 Å². The summed E-state index contributed by atoms with van der Waals surface area (Å²) in [7, 11) is 0. The summed E-state index contributed by atoms with van der Waals surface area (Å²) < 4.78 is 25.5. The molecule has 0 radical (unpaired) electrons. The van der Waals surface area contributed by atoms with Gasteiger partial charge in [-0.3, -0.25) is 9.78 Å². The summed E-state index contributed by atoms with van der Waals surface area (Å²) in [6, 6.07) is 6.26. The molecule has 30 heavy (non-hydrogen) atoms. The van der Waals surface area contributed by atoms with Gasteiger partial charge in [0, 0.05) is 35.7 Å². The number of thioether (sulfide) groups is 1. The SMILES string of the molecule is C#Cc1cnc2cc(F)c(OC(SC)C(=O)NC(C)(C)c3cc(CC)on3)cc2c1. The molecule has 0 bridgehead atoms. The van der Waals surface area contributed by atoms with E-state index in [0.29, 0.717) is 28.6 Å². The van der Waals surface area contributed by atoms with Crippen LogP contribution in [0.3, 0.4) is 0 Å². The lowest BCUT2D eigenvalue weighted by Gasteiger charge is -2.26. The smallest absolute Gasteiger partial charge is 0.272 e. The summed E-state index contributed by atoms with van der Waals surface area (Å²) in [4.78, 5) is 17.0. The molecule has 6 nitrogen and oxygen atoms in total. The summed E-state index contributed by atoms with van der Waals surface area (Å²) in [6.07, 6.45) is 9.31. The van der Waals surface area contributed by atoms with Crippen molar-refractivity contribution in [2.45, 2.75) is 38.2 Å². The molecule has 2 aromatic heterocycles. The van der Waals surface area contributed by atoms with E-state index in [2.05, 4.69) is 21.4 Å². The highest BCUT2D eigenvalue weighted by molar-refractivity contribution is 7.99. The van der Waals surface area contributed by atoms with E-state index in [1.54, 1.807) is 18.4 Å². The molecule has 0 aliphatic heterocycles. The first-order valence-electron chi connectivity index (χ1n) is 9.31. The number of halogens is 1. The van der Waals surface area contributed by atoms with Gasteiger partial charge < -0.3 is 14.6 Å². The van der Waals surface area contributed by atoms with Crippen molar-refractivity contribution in [3.05, 3.63) is 53.3 Å². The van der Waals surface area contributed by atoms with Crippen LogP contribution in [0.15, 0.2) is 35.0 Å². The topological polar surface area (TPSA) is 77.2 Å². The Morgan fingerprint density at radius 1 is 1.40 bits per heavy atom. The van der Waals surface area contributed by atoms with E-state index >= 15 is 0 Å². The van der Waals surface area contributed by atoms with Gasteiger partial charge in [0.25, 0.3) is 5.91 Å². The predicted octanol–water partition coefficient (Wildman–Crippen LogP) is 4.03. The second-order valence-electron chi connectivity index (χ2n) is 7.18. The summed E-state index contributed by atoms with van der Waals surface area (Å²) in [5, 5.41) is 7.53. The van der Waals surface area contributed by atoms with Gasteiger partial charge in [-0.2, -0.15) is 0 Å². The number of hydrogen-bond donors (Lipinski definition) is 1. The van der Waals surface area contributed by atoms with Crippen LogP contribution in [0, 0.1) is 18.2 Å². The summed E-state index contributed by atoms with van der Waals surface area (Å²) in [6.45, 7) is 5.57. The molecule has 1 unspecified atom stereocenters. The lowest BCUT2D eigenvalue weighted by atomic mass is 10.0. The number of rotatable bonds is 7. The van der Waals surface area contributed by atoms with Crippen molar-refractivity contribution in [2.24, 2.45) is 0 Å². The summed E-state index contributed by atoms with van der Waals surface area (Å²) >= 11 is 1.15. The van der Waals surface area contributed by atoms with E-state index in [1.807, 2.05) is 20.8 Å². The quantitative estimate of drug-likeness (QED) is 0.453. The molecule has 0 saturated carbocycles. The number of terminal acetylenes is 1. The van der Waals surface area contributed by atoms with E-state index in [4.69, 9.17) is 15.7 Å². The highest BCUT2D eigenvalue weighted by Crippen LogP contribution is 2.28. The van der Waals surface area contributed by atoms with Crippen LogP contribution in [-0.4, -0.2) is 27.7 Å². The van der Waals surface area contributed by atoms with E-state index in [-0.39, 0.29) is 5.75 Å². The van der Waals surface area contributed by atoms with Gasteiger partial charge in [0.1, 0.15) is 11.5 Å². The van der Waals surface area contributed by atoms with Gasteiger partial charge in [-0.25, -0.2) is 4.39 Å². The normalized spacial score (nSPS) is 12.4. The third-order valence-electron chi connectivity index (χ3n) is 4.55. The Morgan fingerprint density at radius 2 is 2.17 bits per heavy atom. The molecule has 0 spiro atoms. The highest BCUT2D eigenvalue weighted by atomic mass is 32.2. The average molecular weight is 428 g/mol. The predicted molar refractivity (Wildman–Crippen MR) is 115 cm³/mol. The number of fused-ring (bicyclic) bond motifs is 1. The molecule has 156 valence electrons. The van der Waals surface area contributed by atoms with Gasteiger partial charge in [-0.1, -0.05) is 18.0 Å². The fraction of sp³-hybridized carbons (Fsp3) is 0.318. The van der Waals surface area contributed by atoms with Crippen molar-refractivity contribution >= 4 is 28.6 Å². The maximum Gasteiger partial charge on any atom is 0.272 e. The molecule has 0 saturated heterocycles. The molecular weight excluding hydrogens is 405 g/mol. The minimum Gasteiger partial charge on any atom is -0.467 e. The third kappa shape index (κ3) is 4.57. The molecule has 2 heterocycles. The molecule has 3 aromatic rings. The van der Waals surface area contributed by atoms with Crippen LogP contribution in [-0.2, 0) is 16.8 Å². The van der Waals surface area contributed by atoms with Crippen LogP contribution in [0.2, 0.25) is 0 Å². The number of aromatic nitrogens is 2. The average Bonchev–Trinajstić information content (AvgIpc) is 3.21. The molecule has 1 N–H and O–H groups in total. The number of carbonyl (C=O) groups excluding carboxylic acids is 1. The van der Waals surface area contributed by atoms with Crippen molar-refractivity contribution in [2.75, 3.05) is 6.26 Å². The zero-order valence-corrected chi connectivity index (χ0v) is 18.0.